The van der Waals surface area contributed by atoms with Gasteiger partial charge in [-0.05, 0) is 25.3 Å². The first-order valence-corrected chi connectivity index (χ1v) is 7.93. The van der Waals surface area contributed by atoms with Gasteiger partial charge in [-0.2, -0.15) is 5.10 Å². The summed E-state index contributed by atoms with van der Waals surface area (Å²) in [6.07, 6.45) is 0. The molecule has 0 atom stereocenters. The first-order chi connectivity index (χ1) is 9.36. The summed E-state index contributed by atoms with van der Waals surface area (Å²) in [5.74, 6) is -0.680. The van der Waals surface area contributed by atoms with E-state index in [9.17, 15) is 13.2 Å². The lowest BCUT2D eigenvalue weighted by molar-refractivity contribution is 0.0602. The minimum Gasteiger partial charge on any atom is -0.465 e. The minimum atomic E-state index is -3.87. The number of esters is 1. The number of sulfonamides is 1. The summed E-state index contributed by atoms with van der Waals surface area (Å²) in [4.78, 5) is 11.5. The predicted octanol–water partition coefficient (Wildman–Crippen LogP) is 1.68. The Kier molecular flexibility index (Phi) is 3.82. The van der Waals surface area contributed by atoms with Gasteiger partial charge in [0.25, 0.3) is 10.0 Å². The van der Waals surface area contributed by atoms with Gasteiger partial charge in [-0.3, -0.25) is 9.82 Å². The zero-order valence-corrected chi connectivity index (χ0v) is 12.7. The normalized spacial score (nSPS) is 11.3. The monoisotopic (exact) mass is 315 g/mol. The van der Waals surface area contributed by atoms with Gasteiger partial charge in [-0.15, -0.1) is 11.3 Å². The maximum Gasteiger partial charge on any atom is 0.349 e. The van der Waals surface area contributed by atoms with Crippen molar-refractivity contribution in [2.75, 3.05) is 11.8 Å². The van der Waals surface area contributed by atoms with Gasteiger partial charge in [-0.25, -0.2) is 13.2 Å². The van der Waals surface area contributed by atoms with E-state index in [1.807, 2.05) is 0 Å². The molecule has 2 rings (SSSR count). The third-order valence-corrected chi connectivity index (χ3v) is 5.07. The van der Waals surface area contributed by atoms with Crippen molar-refractivity contribution in [1.82, 2.24) is 10.2 Å². The van der Waals surface area contributed by atoms with Crippen molar-refractivity contribution in [3.05, 3.63) is 27.7 Å². The van der Waals surface area contributed by atoms with Crippen molar-refractivity contribution in [3.8, 4) is 0 Å². The molecule has 0 aliphatic heterocycles. The molecule has 7 nitrogen and oxygen atoms in total. The molecule has 2 N–H and O–H groups in total. The van der Waals surface area contributed by atoms with Gasteiger partial charge < -0.3 is 4.74 Å². The lowest BCUT2D eigenvalue weighted by Gasteiger charge is -2.08. The predicted molar refractivity (Wildman–Crippen MR) is 74.5 cm³/mol. The lowest BCUT2D eigenvalue weighted by Crippen LogP contribution is -2.16. The van der Waals surface area contributed by atoms with E-state index in [0.29, 0.717) is 17.1 Å². The quantitative estimate of drug-likeness (QED) is 0.836. The van der Waals surface area contributed by atoms with Gasteiger partial charge in [0.1, 0.15) is 9.77 Å². The lowest BCUT2D eigenvalue weighted by atomic mass is 10.3. The third kappa shape index (κ3) is 2.54. The number of thiophene rings is 1. The number of H-pyrrole nitrogens is 1. The van der Waals surface area contributed by atoms with Crippen LogP contribution < -0.4 is 4.72 Å². The summed E-state index contributed by atoms with van der Waals surface area (Å²) in [7, 11) is -2.67. The molecule has 0 fully saturated rings. The topological polar surface area (TPSA) is 101 Å². The van der Waals surface area contributed by atoms with Crippen molar-refractivity contribution in [1.29, 1.82) is 0 Å². The Morgan fingerprint density at radius 1 is 1.45 bits per heavy atom. The molecular formula is C11H13N3O4S2. The van der Waals surface area contributed by atoms with Crippen molar-refractivity contribution in [2.24, 2.45) is 0 Å². The van der Waals surface area contributed by atoms with Gasteiger partial charge in [0.05, 0.1) is 24.2 Å². The van der Waals surface area contributed by atoms with Crippen LogP contribution in [-0.4, -0.2) is 31.7 Å². The molecule has 9 heteroatoms. The van der Waals surface area contributed by atoms with Gasteiger partial charge in [0.2, 0.25) is 0 Å². The SMILES string of the molecule is COC(=O)c1sccc1S(=O)(=O)Nc1c(C)n[nH]c1C. The van der Waals surface area contributed by atoms with Gasteiger partial charge in [-0.1, -0.05) is 0 Å². The van der Waals surface area contributed by atoms with Crippen LogP contribution in [0.25, 0.3) is 0 Å². The molecule has 2 aromatic heterocycles. The molecule has 2 heterocycles. The summed E-state index contributed by atoms with van der Waals surface area (Å²) < 4.78 is 31.7. The molecule has 108 valence electrons. The number of methoxy groups -OCH3 is 1. The number of hydrogen-bond donors (Lipinski definition) is 2. The maximum atomic E-state index is 12.4. The Bertz CT molecular complexity index is 726. The number of nitrogens with one attached hydrogen (secondary N) is 2. The number of aromatic nitrogens is 2. The average molecular weight is 315 g/mol. The Morgan fingerprint density at radius 2 is 2.15 bits per heavy atom. The Morgan fingerprint density at radius 3 is 2.70 bits per heavy atom. The van der Waals surface area contributed by atoms with Crippen molar-refractivity contribution in [2.45, 2.75) is 18.7 Å². The first kappa shape index (κ1) is 14.5. The van der Waals surface area contributed by atoms with Crippen molar-refractivity contribution >= 4 is 33.0 Å². The first-order valence-electron chi connectivity index (χ1n) is 5.57. The number of nitrogens with zero attached hydrogens (tertiary/aromatic N) is 1. The number of ether oxygens (including phenoxy) is 1. The fraction of sp³-hybridized carbons (Fsp3) is 0.273. The molecule has 0 bridgehead atoms. The highest BCUT2D eigenvalue weighted by atomic mass is 32.2. The Hall–Kier alpha value is -1.87. The van der Waals surface area contributed by atoms with E-state index < -0.39 is 16.0 Å². The highest BCUT2D eigenvalue weighted by Crippen LogP contribution is 2.26. The smallest absolute Gasteiger partial charge is 0.349 e. The molecule has 20 heavy (non-hydrogen) atoms. The van der Waals surface area contributed by atoms with Crippen LogP contribution in [0.15, 0.2) is 16.3 Å². The fourth-order valence-corrected chi connectivity index (χ4v) is 4.16. The molecule has 0 aliphatic rings. The molecular weight excluding hydrogens is 302 g/mol. The Labute approximate surface area is 120 Å². The number of carbonyl (C=O) groups is 1. The van der Waals surface area contributed by atoms with E-state index in [0.717, 1.165) is 11.3 Å². The molecule has 0 saturated heterocycles. The van der Waals surface area contributed by atoms with Gasteiger partial charge in [0.15, 0.2) is 0 Å². The van der Waals surface area contributed by atoms with Crippen LogP contribution >= 0.6 is 11.3 Å². The van der Waals surface area contributed by atoms with E-state index in [1.54, 1.807) is 13.8 Å². The molecule has 0 aliphatic carbocycles. The minimum absolute atomic E-state index is 0.0406. The van der Waals surface area contributed by atoms with Crippen molar-refractivity contribution in [3.63, 3.8) is 0 Å². The highest BCUT2D eigenvalue weighted by molar-refractivity contribution is 7.93. The van der Waals surface area contributed by atoms with E-state index in [1.165, 1.54) is 18.6 Å². The molecule has 2 aromatic rings. The number of rotatable bonds is 4. The van der Waals surface area contributed by atoms with Crippen LogP contribution in [0.1, 0.15) is 21.1 Å². The summed E-state index contributed by atoms with van der Waals surface area (Å²) in [5, 5.41) is 8.13. The molecule has 0 radical (unpaired) electrons. The van der Waals surface area contributed by atoms with Crippen LogP contribution in [0.2, 0.25) is 0 Å². The zero-order chi connectivity index (χ0) is 14.9. The second-order valence-corrected chi connectivity index (χ2v) is 6.59. The molecule has 0 unspecified atom stereocenters. The van der Waals surface area contributed by atoms with Gasteiger partial charge >= 0.3 is 5.97 Å². The van der Waals surface area contributed by atoms with E-state index >= 15 is 0 Å². The molecule has 0 amide bonds. The fourth-order valence-electron chi connectivity index (χ4n) is 1.64. The zero-order valence-electron chi connectivity index (χ0n) is 11.1. The number of anilines is 1. The highest BCUT2D eigenvalue weighted by Gasteiger charge is 2.26. The number of aryl methyl sites for hydroxylation is 2. The van der Waals surface area contributed by atoms with Crippen LogP contribution in [0.3, 0.4) is 0 Å². The summed E-state index contributed by atoms with van der Waals surface area (Å²) in [6.45, 7) is 3.38. The van der Waals surface area contributed by atoms with Crippen LogP contribution in [-0.2, 0) is 14.8 Å². The Balaban J connectivity index is 2.42. The molecule has 0 aromatic carbocycles. The number of aromatic amines is 1. The third-order valence-electron chi connectivity index (χ3n) is 2.65. The molecule has 0 saturated carbocycles. The summed E-state index contributed by atoms with van der Waals surface area (Å²) in [5.41, 5.74) is 1.51. The van der Waals surface area contributed by atoms with Crippen LogP contribution in [0, 0.1) is 13.8 Å². The van der Waals surface area contributed by atoms with E-state index in [2.05, 4.69) is 19.7 Å². The van der Waals surface area contributed by atoms with Crippen LogP contribution in [0.4, 0.5) is 5.69 Å². The largest absolute Gasteiger partial charge is 0.465 e. The van der Waals surface area contributed by atoms with E-state index in [-0.39, 0.29) is 9.77 Å². The van der Waals surface area contributed by atoms with Gasteiger partial charge in [0, 0.05) is 0 Å². The standard InChI is InChI=1S/C11H13N3O4S2/c1-6-9(7(2)13-12-6)14-20(16,17)8-4-5-19-10(8)11(15)18-3/h4-5,14H,1-3H3,(H,12,13). The van der Waals surface area contributed by atoms with Crippen molar-refractivity contribution < 1.29 is 17.9 Å². The average Bonchev–Trinajstić information content (AvgIpc) is 3.00. The molecule has 0 spiro atoms. The maximum absolute atomic E-state index is 12.4. The summed E-state index contributed by atoms with van der Waals surface area (Å²) in [6, 6.07) is 1.37. The summed E-state index contributed by atoms with van der Waals surface area (Å²) >= 11 is 1.01. The number of hydrogen-bond acceptors (Lipinski definition) is 6. The van der Waals surface area contributed by atoms with Crippen LogP contribution in [0.5, 0.6) is 0 Å². The van der Waals surface area contributed by atoms with E-state index in [4.69, 9.17) is 0 Å². The second-order valence-electron chi connectivity index (χ2n) is 4.02. The number of carbonyl (C=O) groups excluding carboxylic acids is 1. The second kappa shape index (κ2) is 5.25.